The van der Waals surface area contributed by atoms with Crippen LogP contribution < -0.4 is 4.74 Å². The van der Waals surface area contributed by atoms with Gasteiger partial charge in [0.2, 0.25) is 5.91 Å². The highest BCUT2D eigenvalue weighted by molar-refractivity contribution is 6.33. The summed E-state index contributed by atoms with van der Waals surface area (Å²) in [5.41, 5.74) is 1.78. The zero-order chi connectivity index (χ0) is 21.7. The second-order valence-electron chi connectivity index (χ2n) is 8.84. The number of nitrogens with zero attached hydrogens (tertiary/aromatic N) is 4. The Balaban J connectivity index is 1.36. The minimum Gasteiger partial charge on any atom is -0.493 e. The number of pyridine rings is 1. The third-order valence-corrected chi connectivity index (χ3v) is 7.13. The maximum Gasteiger partial charge on any atom is 0.276 e. The number of piperazine rings is 1. The van der Waals surface area contributed by atoms with Crippen LogP contribution in [0.2, 0.25) is 5.15 Å². The summed E-state index contributed by atoms with van der Waals surface area (Å²) in [5.74, 6) is 0.693. The Morgan fingerprint density at radius 1 is 1.19 bits per heavy atom. The summed E-state index contributed by atoms with van der Waals surface area (Å²) < 4.78 is 7.21. The molecule has 2 aromatic rings. The molecule has 3 aliphatic rings. The first-order chi connectivity index (χ1) is 15.0. The van der Waals surface area contributed by atoms with Crippen molar-refractivity contribution in [3.8, 4) is 5.75 Å². The topological polar surface area (TPSA) is 87.4 Å². The molecule has 2 amide bonds. The second-order valence-corrected chi connectivity index (χ2v) is 9.20. The SMILES string of the molecule is COc1cc(C2CC2)cn2c(Cl)c(C(=O)N3CCN([C@H]4CC[C@H](O)CC4)C(=O)C3)nc12. The lowest BCUT2D eigenvalue weighted by Gasteiger charge is -2.41. The normalized spacial score (nSPS) is 24.7. The van der Waals surface area contributed by atoms with Crippen molar-refractivity contribution in [3.05, 3.63) is 28.7 Å². The third-order valence-electron chi connectivity index (χ3n) is 6.77. The van der Waals surface area contributed by atoms with Crippen LogP contribution in [-0.4, -0.2) is 75.0 Å². The smallest absolute Gasteiger partial charge is 0.276 e. The van der Waals surface area contributed by atoms with Crippen molar-refractivity contribution >= 4 is 29.1 Å². The molecule has 0 bridgehead atoms. The monoisotopic (exact) mass is 446 g/mol. The molecule has 2 aromatic heterocycles. The molecule has 0 aromatic carbocycles. The van der Waals surface area contributed by atoms with Crippen LogP contribution in [0.5, 0.6) is 5.75 Å². The number of aliphatic hydroxyl groups excluding tert-OH is 1. The summed E-state index contributed by atoms with van der Waals surface area (Å²) in [5, 5.41) is 9.97. The molecule has 8 nitrogen and oxygen atoms in total. The van der Waals surface area contributed by atoms with E-state index in [9.17, 15) is 14.7 Å². The standard InChI is InChI=1S/C22H27ClN4O4/c1-31-17-10-14(13-2-3-13)11-27-20(23)19(24-21(17)27)22(30)25-8-9-26(18(29)12-25)15-4-6-16(28)7-5-15/h10-11,13,15-16,28H,2-9,12H2,1H3/t15-,16-. The summed E-state index contributed by atoms with van der Waals surface area (Å²) in [4.78, 5) is 33.9. The number of carbonyl (C=O) groups is 2. The average molecular weight is 447 g/mol. The van der Waals surface area contributed by atoms with Gasteiger partial charge in [-0.3, -0.25) is 14.0 Å². The Labute approximate surface area is 185 Å². The molecule has 166 valence electrons. The molecule has 1 N–H and O–H groups in total. The maximum absolute atomic E-state index is 13.2. The largest absolute Gasteiger partial charge is 0.493 e. The molecule has 2 aliphatic carbocycles. The molecule has 1 saturated heterocycles. The van der Waals surface area contributed by atoms with E-state index in [1.807, 2.05) is 17.2 Å². The van der Waals surface area contributed by atoms with Crippen molar-refractivity contribution < 1.29 is 19.4 Å². The van der Waals surface area contributed by atoms with Gasteiger partial charge in [-0.2, -0.15) is 0 Å². The predicted molar refractivity (Wildman–Crippen MR) is 115 cm³/mol. The molecule has 0 radical (unpaired) electrons. The first-order valence-corrected chi connectivity index (χ1v) is 11.4. The zero-order valence-corrected chi connectivity index (χ0v) is 18.3. The zero-order valence-electron chi connectivity index (χ0n) is 17.6. The van der Waals surface area contributed by atoms with E-state index in [4.69, 9.17) is 16.3 Å². The number of aliphatic hydroxyl groups is 1. The molecular weight excluding hydrogens is 420 g/mol. The van der Waals surface area contributed by atoms with Gasteiger partial charge in [-0.15, -0.1) is 0 Å². The number of hydrogen-bond acceptors (Lipinski definition) is 5. The first kappa shape index (κ1) is 20.6. The van der Waals surface area contributed by atoms with Crippen molar-refractivity contribution in [1.29, 1.82) is 0 Å². The highest BCUT2D eigenvalue weighted by atomic mass is 35.5. The van der Waals surface area contributed by atoms with Gasteiger partial charge < -0.3 is 19.6 Å². The molecule has 3 fully saturated rings. The summed E-state index contributed by atoms with van der Waals surface area (Å²) in [6, 6.07) is 2.12. The number of hydrogen-bond donors (Lipinski definition) is 1. The number of amides is 2. The summed E-state index contributed by atoms with van der Waals surface area (Å²) >= 11 is 6.58. The van der Waals surface area contributed by atoms with Gasteiger partial charge in [-0.05, 0) is 56.1 Å². The Morgan fingerprint density at radius 2 is 1.94 bits per heavy atom. The van der Waals surface area contributed by atoms with Gasteiger partial charge in [0.15, 0.2) is 17.1 Å². The Morgan fingerprint density at radius 3 is 2.58 bits per heavy atom. The molecule has 0 atom stereocenters. The van der Waals surface area contributed by atoms with E-state index in [0.29, 0.717) is 30.4 Å². The Kier molecular flexibility index (Phi) is 5.30. The summed E-state index contributed by atoms with van der Waals surface area (Å²) in [7, 11) is 1.58. The van der Waals surface area contributed by atoms with Crippen molar-refractivity contribution in [2.75, 3.05) is 26.7 Å². The fourth-order valence-corrected chi connectivity index (χ4v) is 5.05. The first-order valence-electron chi connectivity index (χ1n) is 11.0. The van der Waals surface area contributed by atoms with E-state index in [-0.39, 0.29) is 41.4 Å². The van der Waals surface area contributed by atoms with E-state index in [0.717, 1.165) is 44.1 Å². The fourth-order valence-electron chi connectivity index (χ4n) is 4.80. The molecule has 31 heavy (non-hydrogen) atoms. The minimum atomic E-state index is -0.337. The number of imidazole rings is 1. The molecule has 0 unspecified atom stereocenters. The molecule has 1 aliphatic heterocycles. The van der Waals surface area contributed by atoms with E-state index in [1.165, 1.54) is 4.90 Å². The van der Waals surface area contributed by atoms with Crippen LogP contribution in [0, 0.1) is 0 Å². The van der Waals surface area contributed by atoms with Gasteiger partial charge in [0.05, 0.1) is 13.2 Å². The number of ether oxygens (including phenoxy) is 1. The Hall–Kier alpha value is -2.32. The number of fused-ring (bicyclic) bond motifs is 1. The lowest BCUT2D eigenvalue weighted by atomic mass is 9.91. The molecular formula is C22H27ClN4O4. The number of aromatic nitrogens is 2. The van der Waals surface area contributed by atoms with Gasteiger partial charge in [0, 0.05) is 25.3 Å². The highest BCUT2D eigenvalue weighted by Crippen LogP contribution is 2.42. The average Bonchev–Trinajstić information content (AvgIpc) is 3.57. The highest BCUT2D eigenvalue weighted by Gasteiger charge is 2.35. The van der Waals surface area contributed by atoms with Crippen molar-refractivity contribution in [2.24, 2.45) is 0 Å². The van der Waals surface area contributed by atoms with E-state index in [1.54, 1.807) is 11.5 Å². The number of rotatable bonds is 4. The molecule has 5 rings (SSSR count). The van der Waals surface area contributed by atoms with Crippen molar-refractivity contribution in [2.45, 2.75) is 56.6 Å². The van der Waals surface area contributed by atoms with Gasteiger partial charge in [0.1, 0.15) is 11.7 Å². The quantitative estimate of drug-likeness (QED) is 0.779. The Bertz CT molecular complexity index is 1030. The molecule has 2 saturated carbocycles. The molecule has 9 heteroatoms. The van der Waals surface area contributed by atoms with Crippen LogP contribution in [0.3, 0.4) is 0 Å². The maximum atomic E-state index is 13.2. The van der Waals surface area contributed by atoms with Crippen molar-refractivity contribution in [1.82, 2.24) is 19.2 Å². The number of methoxy groups -OCH3 is 1. The van der Waals surface area contributed by atoms with Gasteiger partial charge in [-0.1, -0.05) is 11.6 Å². The van der Waals surface area contributed by atoms with Gasteiger partial charge >= 0.3 is 0 Å². The van der Waals surface area contributed by atoms with Gasteiger partial charge in [0.25, 0.3) is 5.91 Å². The molecule has 0 spiro atoms. The molecule has 3 heterocycles. The van der Waals surface area contributed by atoms with E-state index in [2.05, 4.69) is 4.98 Å². The van der Waals surface area contributed by atoms with Crippen LogP contribution in [0.4, 0.5) is 0 Å². The van der Waals surface area contributed by atoms with Crippen LogP contribution >= 0.6 is 11.6 Å². The fraction of sp³-hybridized carbons (Fsp3) is 0.591. The van der Waals surface area contributed by atoms with E-state index >= 15 is 0 Å². The predicted octanol–water partition coefficient (Wildman–Crippen LogP) is 2.46. The van der Waals surface area contributed by atoms with Crippen LogP contribution in [0.1, 0.15) is 60.5 Å². The minimum absolute atomic E-state index is 0.0204. The van der Waals surface area contributed by atoms with Crippen molar-refractivity contribution in [3.63, 3.8) is 0 Å². The van der Waals surface area contributed by atoms with Crippen LogP contribution in [0.15, 0.2) is 12.3 Å². The van der Waals surface area contributed by atoms with Gasteiger partial charge in [-0.25, -0.2) is 4.98 Å². The third kappa shape index (κ3) is 3.76. The lowest BCUT2D eigenvalue weighted by Crippen LogP contribution is -2.56. The van der Waals surface area contributed by atoms with Crippen LogP contribution in [-0.2, 0) is 4.79 Å². The number of carbonyl (C=O) groups excluding carboxylic acids is 2. The van der Waals surface area contributed by atoms with E-state index < -0.39 is 0 Å². The lowest BCUT2D eigenvalue weighted by molar-refractivity contribution is -0.138. The summed E-state index contributed by atoms with van der Waals surface area (Å²) in [6.45, 7) is 0.955. The summed E-state index contributed by atoms with van der Waals surface area (Å²) in [6.07, 6.45) is 7.01. The second kappa shape index (κ2) is 7.98. The van der Waals surface area contributed by atoms with Crippen LogP contribution in [0.25, 0.3) is 5.65 Å². The number of halogens is 1.